The third kappa shape index (κ3) is 2.41. The molecule has 2 aromatic rings. The number of anilines is 1. The Kier molecular flexibility index (Phi) is 3.65. The van der Waals surface area contributed by atoms with E-state index in [0.717, 1.165) is 24.1 Å². The summed E-state index contributed by atoms with van der Waals surface area (Å²) >= 11 is 0. The molecule has 0 unspecified atom stereocenters. The lowest BCUT2D eigenvalue weighted by atomic mass is 10.0. The molecule has 1 aromatic heterocycles. The van der Waals surface area contributed by atoms with Crippen LogP contribution in [0.15, 0.2) is 47.5 Å². The van der Waals surface area contributed by atoms with Gasteiger partial charge in [-0.05, 0) is 36.6 Å². The SMILES string of the molecule is NCc1ncccc1S(=O)(=O)N1CCCc2ccccc21. The van der Waals surface area contributed by atoms with Gasteiger partial charge in [0.1, 0.15) is 4.90 Å². The van der Waals surface area contributed by atoms with Crippen molar-refractivity contribution < 1.29 is 8.42 Å². The van der Waals surface area contributed by atoms with Gasteiger partial charge in [-0.3, -0.25) is 9.29 Å². The van der Waals surface area contributed by atoms with Crippen molar-refractivity contribution in [3.05, 3.63) is 53.9 Å². The Labute approximate surface area is 124 Å². The van der Waals surface area contributed by atoms with E-state index >= 15 is 0 Å². The maximum Gasteiger partial charge on any atom is 0.266 e. The summed E-state index contributed by atoms with van der Waals surface area (Å²) < 4.78 is 27.4. The van der Waals surface area contributed by atoms with Crippen LogP contribution in [-0.2, 0) is 23.0 Å². The minimum absolute atomic E-state index is 0.102. The maximum absolute atomic E-state index is 13.0. The number of pyridine rings is 1. The molecule has 0 fully saturated rings. The summed E-state index contributed by atoms with van der Waals surface area (Å²) in [4.78, 5) is 4.28. The van der Waals surface area contributed by atoms with Gasteiger partial charge < -0.3 is 5.73 Å². The molecule has 110 valence electrons. The predicted octanol–water partition coefficient (Wildman–Crippen LogP) is 1.68. The average Bonchev–Trinajstić information content (AvgIpc) is 2.54. The van der Waals surface area contributed by atoms with Gasteiger partial charge in [-0.2, -0.15) is 0 Å². The molecule has 3 rings (SSSR count). The van der Waals surface area contributed by atoms with Gasteiger partial charge in [0, 0.05) is 19.3 Å². The molecule has 0 radical (unpaired) electrons. The molecule has 0 saturated carbocycles. The van der Waals surface area contributed by atoms with Crippen LogP contribution < -0.4 is 10.0 Å². The number of aryl methyl sites for hydroxylation is 1. The number of fused-ring (bicyclic) bond motifs is 1. The number of rotatable bonds is 3. The first-order valence-electron chi connectivity index (χ1n) is 6.89. The molecular formula is C15H17N3O2S. The van der Waals surface area contributed by atoms with Crippen LogP contribution >= 0.6 is 0 Å². The third-order valence-electron chi connectivity index (χ3n) is 3.68. The Morgan fingerprint density at radius 1 is 1.19 bits per heavy atom. The molecule has 1 aliphatic rings. The van der Waals surface area contributed by atoms with Crippen molar-refractivity contribution in [3.63, 3.8) is 0 Å². The number of aromatic nitrogens is 1. The first-order chi connectivity index (χ1) is 10.1. The summed E-state index contributed by atoms with van der Waals surface area (Å²) in [5.74, 6) is 0. The standard InChI is InChI=1S/C15H17N3O2S/c16-11-13-15(8-3-9-17-13)21(19,20)18-10-4-6-12-5-1-2-7-14(12)18/h1-3,5,7-9H,4,6,10-11,16H2. The normalized spacial score (nSPS) is 14.8. The van der Waals surface area contributed by atoms with Crippen LogP contribution in [0.5, 0.6) is 0 Å². The number of hydrogen-bond donors (Lipinski definition) is 1. The van der Waals surface area contributed by atoms with Crippen molar-refractivity contribution in [1.29, 1.82) is 0 Å². The molecular weight excluding hydrogens is 286 g/mol. The van der Waals surface area contributed by atoms with E-state index in [1.807, 2.05) is 24.3 Å². The first-order valence-corrected chi connectivity index (χ1v) is 8.33. The Morgan fingerprint density at radius 2 is 2.00 bits per heavy atom. The molecule has 2 heterocycles. The molecule has 0 spiro atoms. The van der Waals surface area contributed by atoms with Crippen molar-refractivity contribution in [2.45, 2.75) is 24.3 Å². The van der Waals surface area contributed by atoms with Crippen LogP contribution in [0.1, 0.15) is 17.7 Å². The Balaban J connectivity index is 2.12. The van der Waals surface area contributed by atoms with Gasteiger partial charge in [0.2, 0.25) is 0 Å². The van der Waals surface area contributed by atoms with Gasteiger partial charge in [0.25, 0.3) is 10.0 Å². The fourth-order valence-corrected chi connectivity index (χ4v) is 4.41. The molecule has 21 heavy (non-hydrogen) atoms. The first kappa shape index (κ1) is 14.0. The van der Waals surface area contributed by atoms with Crippen LogP contribution in [0.2, 0.25) is 0 Å². The van der Waals surface area contributed by atoms with E-state index in [0.29, 0.717) is 12.2 Å². The largest absolute Gasteiger partial charge is 0.325 e. The summed E-state index contributed by atoms with van der Waals surface area (Å²) in [6.45, 7) is 0.586. The number of nitrogens with two attached hydrogens (primary N) is 1. The third-order valence-corrected chi connectivity index (χ3v) is 5.56. The van der Waals surface area contributed by atoms with E-state index in [9.17, 15) is 8.42 Å². The summed E-state index contributed by atoms with van der Waals surface area (Å²) in [7, 11) is -3.63. The summed E-state index contributed by atoms with van der Waals surface area (Å²) in [5.41, 5.74) is 7.85. The van der Waals surface area contributed by atoms with Crippen molar-refractivity contribution in [1.82, 2.24) is 4.98 Å². The Hall–Kier alpha value is -1.92. The van der Waals surface area contributed by atoms with E-state index < -0.39 is 10.0 Å². The zero-order valence-corrected chi connectivity index (χ0v) is 12.4. The van der Waals surface area contributed by atoms with Gasteiger partial charge in [-0.15, -0.1) is 0 Å². The van der Waals surface area contributed by atoms with Gasteiger partial charge in [0.05, 0.1) is 11.4 Å². The quantitative estimate of drug-likeness (QED) is 0.936. The fourth-order valence-electron chi connectivity index (χ4n) is 2.68. The molecule has 0 saturated heterocycles. The molecule has 1 aliphatic heterocycles. The number of hydrogen-bond acceptors (Lipinski definition) is 4. The second-order valence-corrected chi connectivity index (χ2v) is 6.79. The van der Waals surface area contributed by atoms with Gasteiger partial charge in [-0.25, -0.2) is 8.42 Å². The fraction of sp³-hybridized carbons (Fsp3) is 0.267. The Morgan fingerprint density at radius 3 is 2.81 bits per heavy atom. The number of benzene rings is 1. The predicted molar refractivity (Wildman–Crippen MR) is 81.4 cm³/mol. The second kappa shape index (κ2) is 5.46. The minimum Gasteiger partial charge on any atom is -0.325 e. The second-order valence-electron chi connectivity index (χ2n) is 4.96. The van der Waals surface area contributed by atoms with Crippen molar-refractivity contribution in [2.75, 3.05) is 10.8 Å². The maximum atomic E-state index is 13.0. The smallest absolute Gasteiger partial charge is 0.266 e. The van der Waals surface area contributed by atoms with Crippen LogP contribution in [0.3, 0.4) is 0 Å². The average molecular weight is 303 g/mol. The van der Waals surface area contributed by atoms with Crippen LogP contribution in [-0.4, -0.2) is 19.9 Å². The highest BCUT2D eigenvalue weighted by molar-refractivity contribution is 7.92. The zero-order chi connectivity index (χ0) is 14.9. The number of para-hydroxylation sites is 1. The topological polar surface area (TPSA) is 76.3 Å². The van der Waals surface area contributed by atoms with Gasteiger partial charge >= 0.3 is 0 Å². The molecule has 6 heteroatoms. The highest BCUT2D eigenvalue weighted by atomic mass is 32.2. The van der Waals surface area contributed by atoms with Crippen molar-refractivity contribution in [2.24, 2.45) is 5.73 Å². The molecule has 0 amide bonds. The molecule has 0 aliphatic carbocycles. The lowest BCUT2D eigenvalue weighted by Gasteiger charge is -2.30. The zero-order valence-electron chi connectivity index (χ0n) is 11.6. The highest BCUT2D eigenvalue weighted by Gasteiger charge is 2.30. The Bertz CT molecular complexity index is 759. The van der Waals surface area contributed by atoms with Gasteiger partial charge in [0.15, 0.2) is 0 Å². The minimum atomic E-state index is -3.63. The summed E-state index contributed by atoms with van der Waals surface area (Å²) in [6.07, 6.45) is 3.28. The van der Waals surface area contributed by atoms with E-state index in [1.165, 1.54) is 4.31 Å². The molecule has 0 atom stereocenters. The lowest BCUT2D eigenvalue weighted by Crippen LogP contribution is -2.36. The van der Waals surface area contributed by atoms with Crippen LogP contribution in [0, 0.1) is 0 Å². The summed E-state index contributed by atoms with van der Waals surface area (Å²) in [6, 6.07) is 10.8. The van der Waals surface area contributed by atoms with E-state index in [-0.39, 0.29) is 11.4 Å². The van der Waals surface area contributed by atoms with Crippen molar-refractivity contribution >= 4 is 15.7 Å². The molecule has 2 N–H and O–H groups in total. The lowest BCUT2D eigenvalue weighted by molar-refractivity contribution is 0.584. The number of sulfonamides is 1. The molecule has 5 nitrogen and oxygen atoms in total. The summed E-state index contributed by atoms with van der Waals surface area (Å²) in [5, 5.41) is 0. The van der Waals surface area contributed by atoms with Gasteiger partial charge in [-0.1, -0.05) is 18.2 Å². The monoisotopic (exact) mass is 303 g/mol. The van der Waals surface area contributed by atoms with E-state index in [2.05, 4.69) is 4.98 Å². The number of nitrogens with zero attached hydrogens (tertiary/aromatic N) is 2. The van der Waals surface area contributed by atoms with Crippen molar-refractivity contribution in [3.8, 4) is 0 Å². The van der Waals surface area contributed by atoms with E-state index in [4.69, 9.17) is 5.73 Å². The molecule has 0 bridgehead atoms. The van der Waals surface area contributed by atoms with E-state index in [1.54, 1.807) is 18.3 Å². The highest BCUT2D eigenvalue weighted by Crippen LogP contribution is 2.32. The van der Waals surface area contributed by atoms with Crippen LogP contribution in [0.4, 0.5) is 5.69 Å². The molecule has 1 aromatic carbocycles. The van der Waals surface area contributed by atoms with Crippen LogP contribution in [0.25, 0.3) is 0 Å².